The van der Waals surface area contributed by atoms with Crippen LogP contribution < -0.4 is 5.32 Å². The Morgan fingerprint density at radius 3 is 2.62 bits per heavy atom. The molecule has 0 spiro atoms. The first-order valence-corrected chi connectivity index (χ1v) is 8.52. The SMILES string of the molecule is COCCC(C)NC(=O)c1cc(F)c(C)c(S(=O)(=O)Cl)c1. The predicted molar refractivity (Wildman–Crippen MR) is 77.6 cm³/mol. The molecule has 1 unspecified atom stereocenters. The molecule has 0 aliphatic rings. The van der Waals surface area contributed by atoms with E-state index in [1.165, 1.54) is 6.92 Å². The maximum absolute atomic E-state index is 13.7. The minimum Gasteiger partial charge on any atom is -0.385 e. The number of amides is 1. The smallest absolute Gasteiger partial charge is 0.261 e. The van der Waals surface area contributed by atoms with Crippen molar-refractivity contribution >= 4 is 25.6 Å². The molecule has 0 bridgehead atoms. The topological polar surface area (TPSA) is 72.5 Å². The van der Waals surface area contributed by atoms with Gasteiger partial charge < -0.3 is 10.1 Å². The minimum absolute atomic E-state index is 0.0957. The number of carbonyl (C=O) groups is 1. The van der Waals surface area contributed by atoms with Gasteiger partial charge in [-0.2, -0.15) is 0 Å². The Balaban J connectivity index is 3.04. The van der Waals surface area contributed by atoms with Gasteiger partial charge in [-0.05, 0) is 32.4 Å². The summed E-state index contributed by atoms with van der Waals surface area (Å²) < 4.78 is 41.4. The zero-order valence-electron chi connectivity index (χ0n) is 11.9. The minimum atomic E-state index is -4.12. The van der Waals surface area contributed by atoms with Crippen molar-refractivity contribution in [3.05, 3.63) is 29.1 Å². The first kappa shape index (κ1) is 17.9. The second kappa shape index (κ2) is 7.20. The average molecular weight is 338 g/mol. The van der Waals surface area contributed by atoms with Crippen molar-refractivity contribution in [2.24, 2.45) is 0 Å². The van der Waals surface area contributed by atoms with E-state index in [2.05, 4.69) is 5.32 Å². The maximum atomic E-state index is 13.7. The number of rotatable bonds is 6. The zero-order valence-corrected chi connectivity index (χ0v) is 13.5. The van der Waals surface area contributed by atoms with Gasteiger partial charge in [0, 0.05) is 41.6 Å². The molecule has 0 heterocycles. The normalized spacial score (nSPS) is 13.0. The van der Waals surface area contributed by atoms with E-state index in [-0.39, 0.29) is 17.2 Å². The highest BCUT2D eigenvalue weighted by Crippen LogP contribution is 2.23. The lowest BCUT2D eigenvalue weighted by molar-refractivity contribution is 0.0929. The van der Waals surface area contributed by atoms with Crippen LogP contribution in [-0.4, -0.2) is 34.1 Å². The molecule has 1 amide bonds. The fraction of sp³-hybridized carbons (Fsp3) is 0.462. The highest BCUT2D eigenvalue weighted by Gasteiger charge is 2.20. The summed E-state index contributed by atoms with van der Waals surface area (Å²) >= 11 is 0. The van der Waals surface area contributed by atoms with Gasteiger partial charge in [-0.15, -0.1) is 0 Å². The van der Waals surface area contributed by atoms with Gasteiger partial charge in [0.25, 0.3) is 15.0 Å². The summed E-state index contributed by atoms with van der Waals surface area (Å²) in [6.07, 6.45) is 0.581. The molecule has 5 nitrogen and oxygen atoms in total. The molecule has 0 fully saturated rings. The molecule has 1 aromatic carbocycles. The summed E-state index contributed by atoms with van der Waals surface area (Å²) in [5.41, 5.74) is -0.212. The molecule has 1 aromatic rings. The molecule has 1 rings (SSSR count). The van der Waals surface area contributed by atoms with E-state index in [4.69, 9.17) is 15.4 Å². The van der Waals surface area contributed by atoms with Gasteiger partial charge in [0.05, 0.1) is 4.90 Å². The first-order valence-electron chi connectivity index (χ1n) is 6.21. The fourth-order valence-electron chi connectivity index (χ4n) is 1.71. The number of carbonyl (C=O) groups excluding carboxylic acids is 1. The fourth-order valence-corrected chi connectivity index (χ4v) is 2.92. The summed E-state index contributed by atoms with van der Waals surface area (Å²) in [7, 11) is 2.66. The Morgan fingerprint density at radius 1 is 1.48 bits per heavy atom. The molecule has 0 saturated carbocycles. The molecule has 0 radical (unpaired) electrons. The Bertz CT molecular complexity index is 633. The van der Waals surface area contributed by atoms with Crippen LogP contribution in [0.25, 0.3) is 0 Å². The van der Waals surface area contributed by atoms with Crippen LogP contribution >= 0.6 is 10.7 Å². The quantitative estimate of drug-likeness (QED) is 0.808. The van der Waals surface area contributed by atoms with E-state index in [1.54, 1.807) is 14.0 Å². The number of hydrogen-bond acceptors (Lipinski definition) is 4. The lowest BCUT2D eigenvalue weighted by Crippen LogP contribution is -2.33. The first-order chi connectivity index (χ1) is 9.66. The lowest BCUT2D eigenvalue weighted by atomic mass is 10.1. The molecule has 0 aliphatic carbocycles. The molecular weight excluding hydrogens is 321 g/mol. The van der Waals surface area contributed by atoms with Crippen LogP contribution in [0.5, 0.6) is 0 Å². The highest BCUT2D eigenvalue weighted by molar-refractivity contribution is 8.13. The number of methoxy groups -OCH3 is 1. The molecule has 8 heteroatoms. The number of ether oxygens (including phenoxy) is 1. The van der Waals surface area contributed by atoms with Crippen LogP contribution in [0.15, 0.2) is 17.0 Å². The molecule has 1 atom stereocenters. The van der Waals surface area contributed by atoms with Crippen molar-refractivity contribution < 1.29 is 22.3 Å². The lowest BCUT2D eigenvalue weighted by Gasteiger charge is -2.14. The van der Waals surface area contributed by atoms with Gasteiger partial charge in [0.2, 0.25) is 0 Å². The van der Waals surface area contributed by atoms with Gasteiger partial charge >= 0.3 is 0 Å². The van der Waals surface area contributed by atoms with Crippen molar-refractivity contribution in [3.63, 3.8) is 0 Å². The molecule has 0 aliphatic heterocycles. The van der Waals surface area contributed by atoms with Gasteiger partial charge in [-0.1, -0.05) is 0 Å². The van der Waals surface area contributed by atoms with E-state index < -0.39 is 25.7 Å². The number of nitrogens with one attached hydrogen (secondary N) is 1. The second-order valence-electron chi connectivity index (χ2n) is 4.68. The van der Waals surface area contributed by atoms with Crippen molar-refractivity contribution in [2.75, 3.05) is 13.7 Å². The van der Waals surface area contributed by atoms with E-state index in [0.29, 0.717) is 13.0 Å². The predicted octanol–water partition coefficient (Wildman–Crippen LogP) is 2.22. The third-order valence-corrected chi connectivity index (χ3v) is 4.40. The molecular formula is C13H17ClFNO4S. The molecule has 0 aromatic heterocycles. The van der Waals surface area contributed by atoms with Crippen molar-refractivity contribution in [2.45, 2.75) is 31.2 Å². The van der Waals surface area contributed by atoms with E-state index >= 15 is 0 Å². The maximum Gasteiger partial charge on any atom is 0.261 e. The summed E-state index contributed by atoms with van der Waals surface area (Å²) in [5.74, 6) is -1.37. The molecule has 21 heavy (non-hydrogen) atoms. The van der Waals surface area contributed by atoms with Crippen LogP contribution in [0, 0.1) is 12.7 Å². The number of halogens is 2. The van der Waals surface area contributed by atoms with E-state index in [9.17, 15) is 17.6 Å². The summed E-state index contributed by atoms with van der Waals surface area (Å²) in [6, 6.07) is 1.86. The van der Waals surface area contributed by atoms with E-state index in [1.807, 2.05) is 0 Å². The Kier molecular flexibility index (Phi) is 6.12. The third-order valence-electron chi connectivity index (χ3n) is 2.95. The van der Waals surface area contributed by atoms with Crippen LogP contribution in [-0.2, 0) is 13.8 Å². The summed E-state index contributed by atoms with van der Waals surface area (Å²) in [6.45, 7) is 3.51. The molecule has 118 valence electrons. The highest BCUT2D eigenvalue weighted by atomic mass is 35.7. The average Bonchev–Trinajstić information content (AvgIpc) is 2.37. The standard InChI is InChI=1S/C13H17ClFNO4S/c1-8(4-5-20-3)16-13(17)10-6-11(15)9(2)12(7-10)21(14,18)19/h6-8H,4-5H2,1-3H3,(H,16,17). The van der Waals surface area contributed by atoms with Crippen LogP contribution in [0.1, 0.15) is 29.3 Å². The van der Waals surface area contributed by atoms with Gasteiger partial charge in [0.15, 0.2) is 0 Å². The third kappa shape index (κ3) is 4.94. The summed E-state index contributed by atoms with van der Waals surface area (Å²) in [4.78, 5) is 11.6. The Morgan fingerprint density at radius 2 is 2.10 bits per heavy atom. The number of hydrogen-bond donors (Lipinski definition) is 1. The number of benzene rings is 1. The van der Waals surface area contributed by atoms with Crippen molar-refractivity contribution in [3.8, 4) is 0 Å². The van der Waals surface area contributed by atoms with Gasteiger partial charge in [0.1, 0.15) is 5.82 Å². The van der Waals surface area contributed by atoms with Crippen molar-refractivity contribution in [1.29, 1.82) is 0 Å². The van der Waals surface area contributed by atoms with Crippen LogP contribution in [0.3, 0.4) is 0 Å². The molecule has 0 saturated heterocycles. The van der Waals surface area contributed by atoms with E-state index in [0.717, 1.165) is 12.1 Å². The zero-order chi connectivity index (χ0) is 16.2. The van der Waals surface area contributed by atoms with Crippen molar-refractivity contribution in [1.82, 2.24) is 5.32 Å². The Hall–Kier alpha value is -1.18. The monoisotopic (exact) mass is 337 g/mol. The van der Waals surface area contributed by atoms with Crippen LogP contribution in [0.2, 0.25) is 0 Å². The van der Waals surface area contributed by atoms with Crippen LogP contribution in [0.4, 0.5) is 4.39 Å². The second-order valence-corrected chi connectivity index (χ2v) is 7.21. The summed E-state index contributed by atoms with van der Waals surface area (Å²) in [5, 5.41) is 2.63. The Labute approximate surface area is 127 Å². The largest absolute Gasteiger partial charge is 0.385 e. The molecule has 1 N–H and O–H groups in total. The van der Waals surface area contributed by atoms with Gasteiger partial charge in [-0.3, -0.25) is 4.79 Å². The van der Waals surface area contributed by atoms with Gasteiger partial charge in [-0.25, -0.2) is 12.8 Å².